The zero-order valence-electron chi connectivity index (χ0n) is 26.3. The maximum Gasteiger partial charge on any atom is 0.323 e. The maximum atomic E-state index is 13.0. The second-order valence-corrected chi connectivity index (χ2v) is 15.3. The Morgan fingerprint density at radius 1 is 1.10 bits per heavy atom. The van der Waals surface area contributed by atoms with Crippen molar-refractivity contribution >= 4 is 5.97 Å². The van der Waals surface area contributed by atoms with Gasteiger partial charge in [0.05, 0.1) is 6.10 Å². The molecule has 2 unspecified atom stereocenters. The average Bonchev–Trinajstić information content (AvgIpc) is 3.13. The molecule has 11 atom stereocenters. The summed E-state index contributed by atoms with van der Waals surface area (Å²) in [5, 5.41) is 20.8. The van der Waals surface area contributed by atoms with Crippen molar-refractivity contribution in [2.24, 2.45) is 52.3 Å². The third-order valence-electron chi connectivity index (χ3n) is 12.2. The predicted molar refractivity (Wildman–Crippen MR) is 158 cm³/mol. The van der Waals surface area contributed by atoms with E-state index in [1.165, 1.54) is 18.4 Å². The summed E-state index contributed by atoms with van der Waals surface area (Å²) >= 11 is 0. The van der Waals surface area contributed by atoms with Crippen LogP contribution in [0.3, 0.4) is 0 Å². The van der Waals surface area contributed by atoms with Gasteiger partial charge in [0, 0.05) is 13.0 Å². The highest BCUT2D eigenvalue weighted by molar-refractivity contribution is 5.76. The number of aliphatic hydroxyl groups excluding tert-OH is 2. The Morgan fingerprint density at radius 3 is 2.46 bits per heavy atom. The van der Waals surface area contributed by atoms with Crippen LogP contribution in [0, 0.1) is 52.3 Å². The van der Waals surface area contributed by atoms with Crippen molar-refractivity contribution in [3.8, 4) is 0 Å². The lowest BCUT2D eigenvalue weighted by Gasteiger charge is -2.58. The fraction of sp³-hybridized carbons (Fsp3) is 0.912. The fourth-order valence-electron chi connectivity index (χ4n) is 10.2. The average molecular weight is 546 g/mol. The number of hydrogen-bond donors (Lipinski definition) is 2. The van der Waals surface area contributed by atoms with Gasteiger partial charge in [0.15, 0.2) is 0 Å². The van der Waals surface area contributed by atoms with Gasteiger partial charge in [-0.05, 0) is 111 Å². The van der Waals surface area contributed by atoms with E-state index in [-0.39, 0.29) is 47.6 Å². The number of rotatable bonds is 10. The number of fused-ring (bicyclic) bond motifs is 5. The summed E-state index contributed by atoms with van der Waals surface area (Å²) in [6.07, 6.45) is 13.2. The third-order valence-corrected chi connectivity index (χ3v) is 12.2. The van der Waals surface area contributed by atoms with Crippen molar-refractivity contribution < 1.29 is 19.7 Å². The highest BCUT2D eigenvalue weighted by Gasteiger charge is 2.61. The molecule has 4 aliphatic rings. The Hall–Kier alpha value is -0.910. The van der Waals surface area contributed by atoms with E-state index in [2.05, 4.69) is 47.6 Å². The first-order valence-electron chi connectivity index (χ1n) is 16.2. The quantitative estimate of drug-likeness (QED) is 0.243. The molecule has 0 aromatic carbocycles. The first-order valence-corrected chi connectivity index (χ1v) is 16.2. The lowest BCUT2D eigenvalue weighted by molar-refractivity contribution is -0.158. The zero-order chi connectivity index (χ0) is 28.7. The maximum absolute atomic E-state index is 13.0. The Kier molecular flexibility index (Phi) is 9.66. The number of likely N-dealkylation sites (N-methyl/N-ethyl adjacent to an activating group) is 1. The number of carbonyl (C=O) groups excluding carboxylic acids is 1. The molecule has 0 aliphatic heterocycles. The molecule has 5 nitrogen and oxygen atoms in total. The van der Waals surface area contributed by atoms with E-state index in [0.29, 0.717) is 35.5 Å². The molecule has 4 aliphatic carbocycles. The van der Waals surface area contributed by atoms with Crippen LogP contribution in [0.1, 0.15) is 106 Å². The molecule has 0 aromatic heterocycles. The van der Waals surface area contributed by atoms with Crippen LogP contribution in [-0.4, -0.2) is 60.0 Å². The summed E-state index contributed by atoms with van der Waals surface area (Å²) in [4.78, 5) is 15.0. The van der Waals surface area contributed by atoms with Crippen LogP contribution in [0.25, 0.3) is 0 Å². The summed E-state index contributed by atoms with van der Waals surface area (Å²) < 4.78 is 6.13. The first kappa shape index (κ1) is 31.0. The molecular weight excluding hydrogens is 486 g/mol. The molecule has 0 amide bonds. The normalized spacial score (nSPS) is 40.4. The van der Waals surface area contributed by atoms with Gasteiger partial charge in [-0.15, -0.1) is 0 Å². The minimum absolute atomic E-state index is 0.00415. The van der Waals surface area contributed by atoms with Gasteiger partial charge in [0.25, 0.3) is 0 Å². The van der Waals surface area contributed by atoms with Gasteiger partial charge in [-0.1, -0.05) is 66.0 Å². The van der Waals surface area contributed by atoms with Gasteiger partial charge in [0.2, 0.25) is 0 Å². The molecular formula is C34H59NO4. The highest BCUT2D eigenvalue weighted by Crippen LogP contribution is 2.67. The Morgan fingerprint density at radius 2 is 1.82 bits per heavy atom. The number of aliphatic hydroxyl groups is 2. The van der Waals surface area contributed by atoms with Crippen molar-refractivity contribution in [3.63, 3.8) is 0 Å². The molecule has 4 rings (SSSR count). The van der Waals surface area contributed by atoms with Gasteiger partial charge >= 0.3 is 5.97 Å². The Balaban J connectivity index is 1.44. The second kappa shape index (κ2) is 12.1. The van der Waals surface area contributed by atoms with Crippen LogP contribution in [-0.2, 0) is 9.53 Å². The van der Waals surface area contributed by atoms with E-state index < -0.39 is 0 Å². The molecule has 0 aromatic rings. The second-order valence-electron chi connectivity index (χ2n) is 15.3. The van der Waals surface area contributed by atoms with Crippen LogP contribution in [0.15, 0.2) is 11.6 Å². The van der Waals surface area contributed by atoms with Gasteiger partial charge in [-0.25, -0.2) is 0 Å². The number of carbonyl (C=O) groups is 1. The Bertz CT molecular complexity index is 876. The van der Waals surface area contributed by atoms with Gasteiger partial charge in [-0.2, -0.15) is 0 Å². The van der Waals surface area contributed by atoms with Crippen molar-refractivity contribution in [2.45, 2.75) is 124 Å². The fourth-order valence-corrected chi connectivity index (χ4v) is 10.2. The van der Waals surface area contributed by atoms with E-state index >= 15 is 0 Å². The first-order chi connectivity index (χ1) is 18.3. The standard InChI is InChI=1S/C34H59NO4/c1-21(2)31(35(7)8)32(38)39-25-14-16-33(5)24(18-25)12-13-26-27(33)15-17-34(6)28(26)19-29(37)30(34)23(4)11-9-10-22(3)20-36/h12,21-23,25-31,36-37H,9-11,13-20H2,1-8H3/t22-,23-,25?,26-,27+,28+,29+,30+,31+,33?,34+/m1/s1. The van der Waals surface area contributed by atoms with Crippen LogP contribution < -0.4 is 0 Å². The SMILES string of the molecule is CC(C)[C@@H](C(=O)OC1CCC2(C)C(=CC[C@@H]3[C@@H]2CC[C@]2(C)[C@@H]([C@H](C)CCC[C@@H](C)CO)[C@@H](O)C[C@@H]32)C1)N(C)C. The number of allylic oxidation sites excluding steroid dienone is 1. The number of nitrogens with zero attached hydrogens (tertiary/aromatic N) is 1. The predicted octanol–water partition coefficient (Wildman–Crippen LogP) is 6.47. The molecule has 0 bridgehead atoms. The molecule has 0 spiro atoms. The number of hydrogen-bond acceptors (Lipinski definition) is 5. The van der Waals surface area contributed by atoms with E-state index in [9.17, 15) is 15.0 Å². The van der Waals surface area contributed by atoms with Crippen LogP contribution >= 0.6 is 0 Å². The van der Waals surface area contributed by atoms with E-state index in [1.807, 2.05) is 19.0 Å². The summed E-state index contributed by atoms with van der Waals surface area (Å²) in [5.41, 5.74) is 1.94. The molecule has 0 saturated heterocycles. The lowest BCUT2D eigenvalue weighted by atomic mass is 9.47. The number of ether oxygens (including phenoxy) is 1. The van der Waals surface area contributed by atoms with Crippen LogP contribution in [0.2, 0.25) is 0 Å². The minimum atomic E-state index is -0.193. The van der Waals surface area contributed by atoms with Crippen molar-refractivity contribution in [2.75, 3.05) is 20.7 Å². The van der Waals surface area contributed by atoms with E-state index in [1.54, 1.807) is 0 Å². The molecule has 0 radical (unpaired) electrons. The zero-order valence-corrected chi connectivity index (χ0v) is 26.3. The summed E-state index contributed by atoms with van der Waals surface area (Å²) in [6.45, 7) is 14.0. The van der Waals surface area contributed by atoms with Gasteiger partial charge in [-0.3, -0.25) is 9.69 Å². The van der Waals surface area contributed by atoms with E-state index in [0.717, 1.165) is 51.4 Å². The van der Waals surface area contributed by atoms with Crippen molar-refractivity contribution in [1.29, 1.82) is 0 Å². The van der Waals surface area contributed by atoms with Gasteiger partial charge in [0.1, 0.15) is 12.1 Å². The smallest absolute Gasteiger partial charge is 0.323 e. The minimum Gasteiger partial charge on any atom is -0.461 e. The van der Waals surface area contributed by atoms with Crippen LogP contribution in [0.4, 0.5) is 0 Å². The van der Waals surface area contributed by atoms with Crippen molar-refractivity contribution in [1.82, 2.24) is 4.90 Å². The van der Waals surface area contributed by atoms with Crippen molar-refractivity contribution in [3.05, 3.63) is 11.6 Å². The monoisotopic (exact) mass is 545 g/mol. The van der Waals surface area contributed by atoms with Gasteiger partial charge < -0.3 is 14.9 Å². The van der Waals surface area contributed by atoms with E-state index in [4.69, 9.17) is 4.74 Å². The summed E-state index contributed by atoms with van der Waals surface area (Å²) in [5.74, 6) is 3.34. The Labute approximate surface area is 239 Å². The highest BCUT2D eigenvalue weighted by atomic mass is 16.5. The molecule has 5 heteroatoms. The topological polar surface area (TPSA) is 70.0 Å². The molecule has 39 heavy (non-hydrogen) atoms. The molecule has 2 N–H and O–H groups in total. The molecule has 3 saturated carbocycles. The third kappa shape index (κ3) is 5.89. The molecule has 3 fully saturated rings. The molecule has 224 valence electrons. The number of esters is 1. The largest absolute Gasteiger partial charge is 0.461 e. The molecule has 0 heterocycles. The summed E-state index contributed by atoms with van der Waals surface area (Å²) in [7, 11) is 3.93. The lowest BCUT2D eigenvalue weighted by Crippen LogP contribution is -2.51. The van der Waals surface area contributed by atoms with Crippen LogP contribution in [0.5, 0.6) is 0 Å². The summed E-state index contributed by atoms with van der Waals surface area (Å²) in [6, 6.07) is -0.193.